The number of ketones is 1. The Morgan fingerprint density at radius 2 is 1.97 bits per heavy atom. The Kier molecular flexibility index (Phi) is 13.4. The summed E-state index contributed by atoms with van der Waals surface area (Å²) in [5.41, 5.74) is 1.35. The van der Waals surface area contributed by atoms with Crippen molar-refractivity contribution < 1.29 is 18.8 Å². The van der Waals surface area contributed by atoms with E-state index < -0.39 is 0 Å². The van der Waals surface area contributed by atoms with Gasteiger partial charge in [0.25, 0.3) is 0 Å². The predicted molar refractivity (Wildman–Crippen MR) is 141 cm³/mol. The number of esters is 1. The molecule has 0 aromatic heterocycles. The average Bonchev–Trinajstić information content (AvgIpc) is 3.05. The van der Waals surface area contributed by atoms with E-state index in [4.69, 9.17) is 9.26 Å². The van der Waals surface area contributed by atoms with E-state index in [0.29, 0.717) is 39.0 Å². The molecule has 0 aliphatic heterocycles. The Labute approximate surface area is 204 Å². The number of carbonyl (C=O) groups is 2. The van der Waals surface area contributed by atoms with Gasteiger partial charge in [-0.2, -0.15) is 0 Å². The van der Waals surface area contributed by atoms with E-state index in [1.165, 1.54) is 5.56 Å². The maximum absolute atomic E-state index is 12.7. The van der Waals surface area contributed by atoms with E-state index in [0.717, 1.165) is 44.9 Å². The zero-order valence-electron chi connectivity index (χ0n) is 20.5. The van der Waals surface area contributed by atoms with Crippen LogP contribution in [0, 0.1) is 17.8 Å². The molecular formula is C27H42O4P2. The summed E-state index contributed by atoms with van der Waals surface area (Å²) in [6, 6.07) is 10.6. The molecule has 1 aliphatic carbocycles. The second-order valence-electron chi connectivity index (χ2n) is 9.52. The Morgan fingerprint density at radius 3 is 2.67 bits per heavy atom. The number of allylic oxidation sites excluding steroid dienone is 2. The Bertz CT molecular complexity index is 735. The van der Waals surface area contributed by atoms with Crippen molar-refractivity contribution in [2.24, 2.45) is 17.8 Å². The lowest BCUT2D eigenvalue weighted by Crippen LogP contribution is -2.19. The summed E-state index contributed by atoms with van der Waals surface area (Å²) < 4.78 is 11.2. The molecule has 1 aromatic carbocycles. The van der Waals surface area contributed by atoms with Crippen molar-refractivity contribution in [3.63, 3.8) is 0 Å². The van der Waals surface area contributed by atoms with Crippen LogP contribution in [-0.2, 0) is 25.3 Å². The van der Waals surface area contributed by atoms with Crippen LogP contribution < -0.4 is 0 Å². The van der Waals surface area contributed by atoms with Gasteiger partial charge < -0.3 is 9.26 Å². The fraction of sp³-hybridized carbons (Fsp3) is 0.630. The zero-order chi connectivity index (χ0) is 24.1. The van der Waals surface area contributed by atoms with Crippen LogP contribution in [-0.4, -0.2) is 24.0 Å². The summed E-state index contributed by atoms with van der Waals surface area (Å²) in [6.45, 7) is 5.96. The highest BCUT2D eigenvalue weighted by molar-refractivity contribution is 8.00. The largest absolute Gasteiger partial charge is 0.463 e. The topological polar surface area (TPSA) is 52.6 Å². The van der Waals surface area contributed by atoms with Gasteiger partial charge in [0.05, 0.1) is 12.2 Å². The SMILES string of the molecule is CC(C)OC(=O)CCC/C=C\C[C@H]1C(=O)C[C@@H](C)[C@@H]1CC[C@H](CCc1ccccc1)OPP. The molecule has 0 heterocycles. The number of unbranched alkanes of at least 4 members (excludes halogenated alkanes) is 1. The molecule has 0 bridgehead atoms. The summed E-state index contributed by atoms with van der Waals surface area (Å²) in [5, 5.41) is 0. The molecular weight excluding hydrogens is 450 g/mol. The number of benzene rings is 1. The van der Waals surface area contributed by atoms with Gasteiger partial charge in [0, 0.05) is 27.3 Å². The van der Waals surface area contributed by atoms with Crippen LogP contribution in [0.5, 0.6) is 0 Å². The van der Waals surface area contributed by atoms with Crippen molar-refractivity contribution in [1.82, 2.24) is 0 Å². The standard InChI is InChI=1S/C27H42O4P2/c1-20(2)30-27(29)14-10-5-4-9-13-25-24(21(3)19-26(25)28)18-17-23(31-33-32)16-15-22-11-7-6-8-12-22/h4,6-9,11-12,20-21,23-25,33H,5,10,13-19,32H2,1-3H3/b9-4-/t21-,23+,24+,25-/m1/s1. The number of Topliss-reactive ketones (excluding diaryl/α,β-unsaturated/α-hetero) is 1. The van der Waals surface area contributed by atoms with E-state index in [1.54, 1.807) is 0 Å². The molecule has 184 valence electrons. The van der Waals surface area contributed by atoms with Gasteiger partial charge in [0.15, 0.2) is 0 Å². The van der Waals surface area contributed by atoms with Crippen LogP contribution in [0.15, 0.2) is 42.5 Å². The van der Waals surface area contributed by atoms with Gasteiger partial charge >= 0.3 is 5.97 Å². The highest BCUT2D eigenvalue weighted by atomic mass is 32.0. The monoisotopic (exact) mass is 492 g/mol. The van der Waals surface area contributed by atoms with Gasteiger partial charge in [0.1, 0.15) is 5.78 Å². The lowest BCUT2D eigenvalue weighted by Gasteiger charge is -2.24. The Morgan fingerprint density at radius 1 is 1.21 bits per heavy atom. The van der Waals surface area contributed by atoms with Crippen molar-refractivity contribution in [1.29, 1.82) is 0 Å². The van der Waals surface area contributed by atoms with E-state index in [9.17, 15) is 9.59 Å². The van der Waals surface area contributed by atoms with Gasteiger partial charge in [-0.3, -0.25) is 9.59 Å². The van der Waals surface area contributed by atoms with E-state index >= 15 is 0 Å². The number of hydrogen-bond acceptors (Lipinski definition) is 4. The number of rotatable bonds is 15. The first-order chi connectivity index (χ1) is 15.9. The van der Waals surface area contributed by atoms with Crippen molar-refractivity contribution >= 4 is 29.2 Å². The number of aryl methyl sites for hydroxylation is 1. The molecule has 1 saturated carbocycles. The summed E-state index contributed by atoms with van der Waals surface area (Å²) in [6.07, 6.45) is 12.1. The van der Waals surface area contributed by atoms with Gasteiger partial charge in [0.2, 0.25) is 0 Å². The highest BCUT2D eigenvalue weighted by Gasteiger charge is 2.39. The van der Waals surface area contributed by atoms with Crippen LogP contribution in [0.2, 0.25) is 0 Å². The average molecular weight is 493 g/mol. The summed E-state index contributed by atoms with van der Waals surface area (Å²) >= 11 is 0. The molecule has 1 fully saturated rings. The summed E-state index contributed by atoms with van der Waals surface area (Å²) in [5.74, 6) is 1.27. The summed E-state index contributed by atoms with van der Waals surface area (Å²) in [7, 11) is 3.11. The fourth-order valence-electron chi connectivity index (χ4n) is 4.80. The first-order valence-corrected chi connectivity index (χ1v) is 15.1. The predicted octanol–water partition coefficient (Wildman–Crippen LogP) is 7.08. The smallest absolute Gasteiger partial charge is 0.306 e. The zero-order valence-corrected chi connectivity index (χ0v) is 22.7. The molecule has 2 rings (SSSR count). The van der Waals surface area contributed by atoms with Crippen LogP contribution in [0.1, 0.15) is 77.7 Å². The number of hydrogen-bond donors (Lipinski definition) is 0. The molecule has 0 amide bonds. The third-order valence-electron chi connectivity index (χ3n) is 6.51. The van der Waals surface area contributed by atoms with E-state index in [1.807, 2.05) is 13.8 Å². The minimum atomic E-state index is -0.131. The number of ether oxygens (including phenoxy) is 1. The minimum Gasteiger partial charge on any atom is -0.463 e. The maximum atomic E-state index is 12.7. The lowest BCUT2D eigenvalue weighted by molar-refractivity contribution is -0.147. The molecule has 0 radical (unpaired) electrons. The molecule has 4 nitrogen and oxygen atoms in total. The Hall–Kier alpha value is -1.08. The molecule has 1 aromatic rings. The van der Waals surface area contributed by atoms with Gasteiger partial charge in [-0.1, -0.05) is 58.3 Å². The van der Waals surface area contributed by atoms with Crippen LogP contribution in [0.4, 0.5) is 0 Å². The first kappa shape index (κ1) is 28.2. The molecule has 6 heteroatoms. The molecule has 6 atom stereocenters. The fourth-order valence-corrected chi connectivity index (χ4v) is 5.81. The van der Waals surface area contributed by atoms with Crippen LogP contribution in [0.3, 0.4) is 0 Å². The van der Waals surface area contributed by atoms with Crippen LogP contribution in [0.25, 0.3) is 0 Å². The van der Waals surface area contributed by atoms with Gasteiger partial charge in [-0.25, -0.2) is 0 Å². The van der Waals surface area contributed by atoms with E-state index in [-0.39, 0.29) is 24.1 Å². The normalized spacial score (nSPS) is 22.1. The van der Waals surface area contributed by atoms with Gasteiger partial charge in [-0.15, -0.1) is 0 Å². The molecule has 33 heavy (non-hydrogen) atoms. The molecule has 1 aliphatic rings. The third-order valence-corrected chi connectivity index (χ3v) is 7.39. The van der Waals surface area contributed by atoms with Gasteiger partial charge in [-0.05, 0) is 76.2 Å². The molecule has 2 unspecified atom stereocenters. The molecule has 0 N–H and O–H groups in total. The second-order valence-corrected chi connectivity index (χ2v) is 10.7. The molecule has 0 saturated heterocycles. The Balaban J connectivity index is 1.78. The van der Waals surface area contributed by atoms with Crippen molar-refractivity contribution in [3.05, 3.63) is 48.0 Å². The molecule has 0 spiro atoms. The lowest BCUT2D eigenvalue weighted by atomic mass is 9.83. The van der Waals surface area contributed by atoms with Crippen molar-refractivity contribution in [2.75, 3.05) is 0 Å². The summed E-state index contributed by atoms with van der Waals surface area (Å²) in [4.78, 5) is 24.3. The first-order valence-electron chi connectivity index (χ1n) is 12.4. The third kappa shape index (κ3) is 10.8. The quantitative estimate of drug-likeness (QED) is 0.114. The maximum Gasteiger partial charge on any atom is 0.306 e. The van der Waals surface area contributed by atoms with Crippen molar-refractivity contribution in [3.8, 4) is 0 Å². The van der Waals surface area contributed by atoms with E-state index in [2.05, 4.69) is 58.3 Å². The second kappa shape index (κ2) is 15.8. The minimum absolute atomic E-state index is 0.0553. The van der Waals surface area contributed by atoms with Crippen molar-refractivity contribution in [2.45, 2.75) is 90.8 Å². The number of carbonyl (C=O) groups excluding carboxylic acids is 2. The highest BCUT2D eigenvalue weighted by Crippen LogP contribution is 2.40. The van der Waals surface area contributed by atoms with Crippen LogP contribution >= 0.6 is 17.4 Å².